The third kappa shape index (κ3) is 8.05. The van der Waals surface area contributed by atoms with Crippen molar-refractivity contribution in [3.63, 3.8) is 0 Å². The second-order valence-electron chi connectivity index (χ2n) is 11.2. The molecule has 0 aliphatic rings. The molecule has 0 aliphatic heterocycles. The average molecular weight is 582 g/mol. The number of hydrogen-bond donors (Lipinski definition) is 0. The lowest BCUT2D eigenvalue weighted by Gasteiger charge is -2.26. The molecule has 0 aliphatic carbocycles. The molecule has 0 saturated carbocycles. The lowest BCUT2D eigenvalue weighted by molar-refractivity contribution is -0.143. The molecule has 0 bridgehead atoms. The van der Waals surface area contributed by atoms with E-state index in [1.807, 2.05) is 12.1 Å². The molecule has 0 radical (unpaired) electrons. The van der Waals surface area contributed by atoms with Crippen LogP contribution in [0.2, 0.25) is 0 Å². The van der Waals surface area contributed by atoms with Gasteiger partial charge in [0.2, 0.25) is 0 Å². The smallest absolute Gasteiger partial charge is 0.330 e. The Hall–Kier alpha value is -5.09. The van der Waals surface area contributed by atoms with Gasteiger partial charge in [-0.25, -0.2) is 4.79 Å². The lowest BCUT2D eigenvalue weighted by atomic mass is 10.0. The molecule has 0 saturated heterocycles. The summed E-state index contributed by atoms with van der Waals surface area (Å²) in [6.45, 7) is 9.73. The molecule has 0 fully saturated rings. The van der Waals surface area contributed by atoms with Crippen LogP contribution in [-0.2, 0) is 22.4 Å². The van der Waals surface area contributed by atoms with E-state index in [1.54, 1.807) is 6.92 Å². The van der Waals surface area contributed by atoms with Gasteiger partial charge >= 0.3 is 5.97 Å². The second kappa shape index (κ2) is 14.4. The average Bonchev–Trinajstić information content (AvgIpc) is 3.05. The Labute approximate surface area is 261 Å². The highest BCUT2D eigenvalue weighted by Crippen LogP contribution is 2.36. The van der Waals surface area contributed by atoms with Gasteiger partial charge in [-0.2, -0.15) is 0 Å². The van der Waals surface area contributed by atoms with E-state index in [-0.39, 0.29) is 6.10 Å². The minimum absolute atomic E-state index is 0.293. The Morgan fingerprint density at radius 1 is 0.659 bits per heavy atom. The highest BCUT2D eigenvalue weighted by atomic mass is 16.6. The van der Waals surface area contributed by atoms with Crippen molar-refractivity contribution in [1.82, 2.24) is 0 Å². The van der Waals surface area contributed by atoms with E-state index in [2.05, 4.69) is 135 Å². The van der Waals surface area contributed by atoms with E-state index in [0.717, 1.165) is 41.7 Å². The number of aryl methyl sites for hydroxylation is 4. The van der Waals surface area contributed by atoms with Crippen molar-refractivity contribution in [3.8, 4) is 16.9 Å². The van der Waals surface area contributed by atoms with Crippen LogP contribution in [0.25, 0.3) is 11.1 Å². The number of carbonyl (C=O) groups excluding carboxylic acids is 1. The number of carbonyl (C=O) groups is 1. The van der Waals surface area contributed by atoms with Gasteiger partial charge in [0.25, 0.3) is 0 Å². The Bertz CT molecular complexity index is 1650. The van der Waals surface area contributed by atoms with Crippen LogP contribution in [0.5, 0.6) is 5.75 Å². The van der Waals surface area contributed by atoms with Gasteiger partial charge in [-0.05, 0) is 104 Å². The van der Waals surface area contributed by atoms with Gasteiger partial charge in [0.05, 0.1) is 0 Å². The fraction of sp³-hybridized carbons (Fsp3) is 0.175. The molecule has 222 valence electrons. The first kappa shape index (κ1) is 30.4. The molecule has 0 heterocycles. The van der Waals surface area contributed by atoms with Crippen LogP contribution in [0.1, 0.15) is 29.2 Å². The van der Waals surface area contributed by atoms with Gasteiger partial charge in [0.15, 0.2) is 0 Å². The molecule has 5 aromatic rings. The predicted octanol–water partition coefficient (Wildman–Crippen LogP) is 9.72. The standard InChI is InChI=1S/C40H39NO3/c1-5-40(42)44-31(4)28-43-39-26-14-33(15-27-39)11-10-32-12-22-37(23-13-32)41(36-20-8-30(3)9-21-36)38-24-18-35(19-25-38)34-16-6-29(2)7-17-34/h5-9,12-27,31H,1,10-11,28H2,2-4H3. The third-order valence-electron chi connectivity index (χ3n) is 7.59. The monoisotopic (exact) mass is 581 g/mol. The van der Waals surface area contributed by atoms with E-state index < -0.39 is 5.97 Å². The number of esters is 1. The summed E-state index contributed by atoms with van der Waals surface area (Å²) in [4.78, 5) is 13.6. The van der Waals surface area contributed by atoms with Gasteiger partial charge in [0, 0.05) is 23.1 Å². The zero-order chi connectivity index (χ0) is 30.9. The summed E-state index contributed by atoms with van der Waals surface area (Å²) in [6, 6.07) is 43.1. The fourth-order valence-corrected chi connectivity index (χ4v) is 5.04. The molecule has 0 amide bonds. The molecule has 4 heteroatoms. The molecule has 5 rings (SSSR count). The van der Waals surface area contributed by atoms with Crippen molar-refractivity contribution in [1.29, 1.82) is 0 Å². The molecule has 44 heavy (non-hydrogen) atoms. The van der Waals surface area contributed by atoms with Crippen molar-refractivity contribution in [2.75, 3.05) is 11.5 Å². The maximum Gasteiger partial charge on any atom is 0.330 e. The van der Waals surface area contributed by atoms with Crippen molar-refractivity contribution < 1.29 is 14.3 Å². The van der Waals surface area contributed by atoms with Crippen LogP contribution in [-0.4, -0.2) is 18.7 Å². The zero-order valence-corrected chi connectivity index (χ0v) is 25.7. The van der Waals surface area contributed by atoms with Gasteiger partial charge in [-0.15, -0.1) is 0 Å². The highest BCUT2D eigenvalue weighted by Gasteiger charge is 2.13. The molecule has 1 unspecified atom stereocenters. The minimum Gasteiger partial charge on any atom is -0.490 e. The molecule has 5 aromatic carbocycles. The van der Waals surface area contributed by atoms with Crippen LogP contribution in [0.3, 0.4) is 0 Å². The molecule has 4 nitrogen and oxygen atoms in total. The minimum atomic E-state index is -0.445. The second-order valence-corrected chi connectivity index (χ2v) is 11.2. The number of rotatable bonds is 12. The Morgan fingerprint density at radius 3 is 1.57 bits per heavy atom. The first-order valence-electron chi connectivity index (χ1n) is 15.1. The third-order valence-corrected chi connectivity index (χ3v) is 7.59. The van der Waals surface area contributed by atoms with Gasteiger partial charge < -0.3 is 14.4 Å². The number of nitrogens with zero attached hydrogens (tertiary/aromatic N) is 1. The molecule has 1 atom stereocenters. The summed E-state index contributed by atoms with van der Waals surface area (Å²) >= 11 is 0. The molecule has 0 aromatic heterocycles. The summed E-state index contributed by atoms with van der Waals surface area (Å²) in [7, 11) is 0. The summed E-state index contributed by atoms with van der Waals surface area (Å²) in [5.41, 5.74) is 10.8. The topological polar surface area (TPSA) is 38.8 Å². The molecular weight excluding hydrogens is 542 g/mol. The van der Waals surface area contributed by atoms with E-state index in [1.165, 1.54) is 33.4 Å². The van der Waals surface area contributed by atoms with Crippen LogP contribution in [0.4, 0.5) is 17.1 Å². The largest absolute Gasteiger partial charge is 0.490 e. The van der Waals surface area contributed by atoms with Crippen molar-refractivity contribution in [3.05, 3.63) is 156 Å². The first-order chi connectivity index (χ1) is 21.4. The van der Waals surface area contributed by atoms with Gasteiger partial charge in [0.1, 0.15) is 18.5 Å². The Balaban J connectivity index is 1.25. The summed E-state index contributed by atoms with van der Waals surface area (Å²) in [5, 5.41) is 0. The lowest BCUT2D eigenvalue weighted by Crippen LogP contribution is -2.20. The van der Waals surface area contributed by atoms with Crippen LogP contribution >= 0.6 is 0 Å². The zero-order valence-electron chi connectivity index (χ0n) is 25.7. The van der Waals surface area contributed by atoms with E-state index in [9.17, 15) is 4.79 Å². The van der Waals surface area contributed by atoms with Crippen LogP contribution < -0.4 is 9.64 Å². The molecule has 0 spiro atoms. The number of hydrogen-bond acceptors (Lipinski definition) is 4. The van der Waals surface area contributed by atoms with Crippen molar-refractivity contribution in [2.24, 2.45) is 0 Å². The fourth-order valence-electron chi connectivity index (χ4n) is 5.04. The van der Waals surface area contributed by atoms with E-state index in [0.29, 0.717) is 6.61 Å². The van der Waals surface area contributed by atoms with E-state index in [4.69, 9.17) is 9.47 Å². The Morgan fingerprint density at radius 2 is 1.07 bits per heavy atom. The van der Waals surface area contributed by atoms with Crippen molar-refractivity contribution in [2.45, 2.75) is 39.7 Å². The Kier molecular flexibility index (Phi) is 9.93. The normalized spacial score (nSPS) is 11.4. The highest BCUT2D eigenvalue weighted by molar-refractivity contribution is 5.81. The predicted molar refractivity (Wildman–Crippen MR) is 181 cm³/mol. The maximum absolute atomic E-state index is 11.3. The van der Waals surface area contributed by atoms with Crippen molar-refractivity contribution >= 4 is 23.0 Å². The SMILES string of the molecule is C=CC(=O)OC(C)COc1ccc(CCc2ccc(N(c3ccc(C)cc3)c3ccc(-c4ccc(C)cc4)cc3)cc2)cc1. The summed E-state index contributed by atoms with van der Waals surface area (Å²) in [5.74, 6) is 0.308. The number of anilines is 3. The maximum atomic E-state index is 11.3. The quantitative estimate of drug-likeness (QED) is 0.109. The van der Waals surface area contributed by atoms with Crippen LogP contribution in [0, 0.1) is 13.8 Å². The summed E-state index contributed by atoms with van der Waals surface area (Å²) < 4.78 is 10.9. The summed E-state index contributed by atoms with van der Waals surface area (Å²) in [6.07, 6.45) is 2.67. The van der Waals surface area contributed by atoms with Gasteiger partial charge in [-0.3, -0.25) is 0 Å². The number of ether oxygens (including phenoxy) is 2. The van der Waals surface area contributed by atoms with Gasteiger partial charge in [-0.1, -0.05) is 90.5 Å². The van der Waals surface area contributed by atoms with E-state index >= 15 is 0 Å². The molecular formula is C40H39NO3. The number of benzene rings is 5. The molecule has 0 N–H and O–H groups in total. The van der Waals surface area contributed by atoms with Crippen LogP contribution in [0.15, 0.2) is 134 Å². The first-order valence-corrected chi connectivity index (χ1v) is 15.1.